The van der Waals surface area contributed by atoms with Gasteiger partial charge in [-0.2, -0.15) is 0 Å². The lowest BCUT2D eigenvalue weighted by Gasteiger charge is -2.25. The molecule has 5 rings (SSSR count). The van der Waals surface area contributed by atoms with E-state index in [1.165, 1.54) is 37.0 Å². The molecule has 4 aromatic rings. The Hall–Kier alpha value is -4.96. The number of hydrogen-bond donors (Lipinski definition) is 0. The lowest BCUT2D eigenvalue weighted by atomic mass is 9.95. The van der Waals surface area contributed by atoms with Crippen molar-refractivity contribution in [1.82, 2.24) is 4.57 Å². The van der Waals surface area contributed by atoms with E-state index < -0.39 is 18.0 Å². The summed E-state index contributed by atoms with van der Waals surface area (Å²) in [6, 6.07) is 21.4. The summed E-state index contributed by atoms with van der Waals surface area (Å²) in [6.45, 7) is 3.44. The standard InChI is InChI=1S/C32H28N2O7S/c1-19-28(31(37)39-4)29(23-12-15-25(41-20(2)35)26(17-23)38-3)34-30(36)27(42-32(34)33-19)16-21-10-13-24(14-11-21)40-18-22-8-6-5-7-9-22/h5-17,29H,18H2,1-4H3/b27-16+/t29-/m0/s1. The molecule has 0 aliphatic carbocycles. The molecule has 0 unspecified atom stereocenters. The van der Waals surface area contributed by atoms with Gasteiger partial charge in [0, 0.05) is 6.92 Å². The zero-order valence-electron chi connectivity index (χ0n) is 23.5. The maximum absolute atomic E-state index is 13.8. The van der Waals surface area contributed by atoms with E-state index in [4.69, 9.17) is 18.9 Å². The third-order valence-electron chi connectivity index (χ3n) is 6.61. The highest BCUT2D eigenvalue weighted by Crippen LogP contribution is 2.36. The zero-order valence-corrected chi connectivity index (χ0v) is 24.3. The number of aromatic nitrogens is 1. The van der Waals surface area contributed by atoms with Crippen LogP contribution in [0.15, 0.2) is 93.9 Å². The van der Waals surface area contributed by atoms with Crippen molar-refractivity contribution in [2.24, 2.45) is 4.99 Å². The second kappa shape index (κ2) is 12.3. The average molecular weight is 585 g/mol. The Labute approximate surface area is 245 Å². The smallest absolute Gasteiger partial charge is 0.338 e. The predicted octanol–water partition coefficient (Wildman–Crippen LogP) is 3.92. The van der Waals surface area contributed by atoms with Gasteiger partial charge in [-0.05, 0) is 54.0 Å². The first-order valence-electron chi connectivity index (χ1n) is 13.0. The van der Waals surface area contributed by atoms with E-state index >= 15 is 0 Å². The third-order valence-corrected chi connectivity index (χ3v) is 7.59. The molecule has 1 atom stereocenters. The third kappa shape index (κ3) is 5.89. The summed E-state index contributed by atoms with van der Waals surface area (Å²) in [7, 11) is 2.72. The molecule has 0 saturated carbocycles. The van der Waals surface area contributed by atoms with Crippen molar-refractivity contribution >= 4 is 29.4 Å². The second-order valence-electron chi connectivity index (χ2n) is 9.42. The van der Waals surface area contributed by atoms with E-state index in [2.05, 4.69) is 4.99 Å². The van der Waals surface area contributed by atoms with Gasteiger partial charge in [-0.3, -0.25) is 14.2 Å². The maximum atomic E-state index is 13.8. The molecule has 0 radical (unpaired) electrons. The zero-order chi connectivity index (χ0) is 29.8. The lowest BCUT2D eigenvalue weighted by Crippen LogP contribution is -2.39. The van der Waals surface area contributed by atoms with Gasteiger partial charge in [0.25, 0.3) is 5.56 Å². The van der Waals surface area contributed by atoms with Gasteiger partial charge in [-0.1, -0.05) is 59.9 Å². The summed E-state index contributed by atoms with van der Waals surface area (Å²) in [4.78, 5) is 43.4. The highest BCUT2D eigenvalue weighted by molar-refractivity contribution is 7.07. The Morgan fingerprint density at radius 3 is 2.40 bits per heavy atom. The average Bonchev–Trinajstić information content (AvgIpc) is 3.30. The normalized spacial score (nSPS) is 14.6. The number of thiazole rings is 1. The molecule has 0 fully saturated rings. The Morgan fingerprint density at radius 1 is 1.00 bits per heavy atom. The number of hydrogen-bond acceptors (Lipinski definition) is 9. The number of rotatable bonds is 8. The first kappa shape index (κ1) is 28.6. The number of carbonyl (C=O) groups is 2. The molecule has 0 saturated heterocycles. The molecule has 1 aliphatic heterocycles. The molecule has 1 aliphatic rings. The predicted molar refractivity (Wildman–Crippen MR) is 157 cm³/mol. The van der Waals surface area contributed by atoms with Crippen molar-refractivity contribution in [2.75, 3.05) is 14.2 Å². The van der Waals surface area contributed by atoms with Gasteiger partial charge in [0.05, 0.1) is 36.1 Å². The molecule has 0 bridgehead atoms. The van der Waals surface area contributed by atoms with Crippen LogP contribution >= 0.6 is 11.3 Å². The Bertz CT molecular complexity index is 1860. The molecule has 3 aromatic carbocycles. The second-order valence-corrected chi connectivity index (χ2v) is 10.4. The molecule has 0 spiro atoms. The van der Waals surface area contributed by atoms with E-state index in [0.717, 1.165) is 11.1 Å². The van der Waals surface area contributed by atoms with Crippen LogP contribution < -0.4 is 29.1 Å². The number of benzene rings is 3. The molecular weight excluding hydrogens is 556 g/mol. The van der Waals surface area contributed by atoms with Gasteiger partial charge in [0.15, 0.2) is 16.3 Å². The number of esters is 2. The Balaban J connectivity index is 1.54. The number of allylic oxidation sites excluding steroid dienone is 1. The van der Waals surface area contributed by atoms with E-state index in [1.54, 1.807) is 31.2 Å². The van der Waals surface area contributed by atoms with Crippen molar-refractivity contribution in [3.05, 3.63) is 120 Å². The fraction of sp³-hybridized carbons (Fsp3) is 0.188. The molecule has 214 valence electrons. The number of methoxy groups -OCH3 is 2. The quantitative estimate of drug-likeness (QED) is 0.228. The molecule has 9 nitrogen and oxygen atoms in total. The number of ether oxygens (including phenoxy) is 4. The fourth-order valence-electron chi connectivity index (χ4n) is 4.65. The highest BCUT2D eigenvalue weighted by atomic mass is 32.1. The topological polar surface area (TPSA) is 105 Å². The highest BCUT2D eigenvalue weighted by Gasteiger charge is 2.33. The van der Waals surface area contributed by atoms with E-state index in [9.17, 15) is 14.4 Å². The molecular formula is C32H28N2O7S. The van der Waals surface area contributed by atoms with Crippen LogP contribution in [0.25, 0.3) is 6.08 Å². The minimum atomic E-state index is -0.843. The summed E-state index contributed by atoms with van der Waals surface area (Å²) in [5.41, 5.74) is 2.77. The number of fused-ring (bicyclic) bond motifs is 1. The van der Waals surface area contributed by atoms with Gasteiger partial charge in [-0.15, -0.1) is 0 Å². The van der Waals surface area contributed by atoms with E-state index in [-0.39, 0.29) is 22.6 Å². The summed E-state index contributed by atoms with van der Waals surface area (Å²) >= 11 is 1.22. The van der Waals surface area contributed by atoms with Crippen molar-refractivity contribution < 1.29 is 28.5 Å². The summed E-state index contributed by atoms with van der Waals surface area (Å²) in [5, 5.41) is 0. The number of carbonyl (C=O) groups excluding carboxylic acids is 2. The molecule has 0 amide bonds. The van der Waals surface area contributed by atoms with Crippen LogP contribution in [0.1, 0.15) is 36.6 Å². The Morgan fingerprint density at radius 2 is 1.74 bits per heavy atom. The number of nitrogens with zero attached hydrogens (tertiary/aromatic N) is 2. The SMILES string of the molecule is COC(=O)C1=C(C)N=c2s/c(=C/c3ccc(OCc4ccccc4)cc3)c(=O)n2[C@H]1c1ccc(OC(C)=O)c(OC)c1. The largest absolute Gasteiger partial charge is 0.493 e. The van der Waals surface area contributed by atoms with Crippen molar-refractivity contribution in [3.63, 3.8) is 0 Å². The molecule has 42 heavy (non-hydrogen) atoms. The van der Waals surface area contributed by atoms with Crippen LogP contribution in [-0.2, 0) is 20.9 Å². The maximum Gasteiger partial charge on any atom is 0.338 e. The fourth-order valence-corrected chi connectivity index (χ4v) is 5.70. The van der Waals surface area contributed by atoms with Crippen LogP contribution in [0, 0.1) is 0 Å². The van der Waals surface area contributed by atoms with Crippen LogP contribution in [0.2, 0.25) is 0 Å². The minimum Gasteiger partial charge on any atom is -0.493 e. The summed E-state index contributed by atoms with van der Waals surface area (Å²) in [6.07, 6.45) is 1.78. The van der Waals surface area contributed by atoms with Gasteiger partial charge in [0.2, 0.25) is 0 Å². The van der Waals surface area contributed by atoms with Crippen molar-refractivity contribution in [3.8, 4) is 17.2 Å². The van der Waals surface area contributed by atoms with E-state index in [1.807, 2.05) is 54.6 Å². The van der Waals surface area contributed by atoms with Crippen LogP contribution in [0.4, 0.5) is 0 Å². The van der Waals surface area contributed by atoms with E-state index in [0.29, 0.717) is 33.0 Å². The van der Waals surface area contributed by atoms with Crippen molar-refractivity contribution in [1.29, 1.82) is 0 Å². The van der Waals surface area contributed by atoms with Gasteiger partial charge < -0.3 is 18.9 Å². The summed E-state index contributed by atoms with van der Waals surface area (Å²) in [5.74, 6) is 0.0957. The first-order chi connectivity index (χ1) is 20.3. The van der Waals surface area contributed by atoms with Crippen LogP contribution in [-0.4, -0.2) is 30.7 Å². The summed E-state index contributed by atoms with van der Waals surface area (Å²) < 4.78 is 23.6. The minimum absolute atomic E-state index is 0.220. The molecule has 1 aromatic heterocycles. The van der Waals surface area contributed by atoms with Crippen LogP contribution in [0.5, 0.6) is 17.2 Å². The van der Waals surface area contributed by atoms with Crippen molar-refractivity contribution in [2.45, 2.75) is 26.5 Å². The van der Waals surface area contributed by atoms with Gasteiger partial charge >= 0.3 is 11.9 Å². The molecule has 0 N–H and O–H groups in total. The molecule has 2 heterocycles. The molecule has 10 heteroatoms. The van der Waals surface area contributed by atoms with Gasteiger partial charge in [0.1, 0.15) is 12.4 Å². The monoisotopic (exact) mass is 584 g/mol. The first-order valence-corrected chi connectivity index (χ1v) is 13.8. The van der Waals surface area contributed by atoms with Gasteiger partial charge in [-0.25, -0.2) is 9.79 Å². The lowest BCUT2D eigenvalue weighted by molar-refractivity contribution is -0.136. The Kier molecular flexibility index (Phi) is 8.35. The van der Waals surface area contributed by atoms with Crippen LogP contribution in [0.3, 0.4) is 0 Å².